The van der Waals surface area contributed by atoms with Gasteiger partial charge in [-0.25, -0.2) is 4.79 Å². The van der Waals surface area contributed by atoms with Gasteiger partial charge in [-0.15, -0.1) is 0 Å². The molecule has 1 heterocycles. The van der Waals surface area contributed by atoms with Crippen molar-refractivity contribution in [1.29, 1.82) is 0 Å². The molecule has 1 aliphatic carbocycles. The van der Waals surface area contributed by atoms with E-state index in [1.807, 2.05) is 0 Å². The molecular formula is C19H24N4O4. The molecule has 0 unspecified atom stereocenters. The van der Waals surface area contributed by atoms with Crippen LogP contribution in [0.5, 0.6) is 0 Å². The van der Waals surface area contributed by atoms with Crippen LogP contribution in [-0.4, -0.2) is 52.7 Å². The molecule has 27 heavy (non-hydrogen) atoms. The standard InChI is InChI=1S/C19H24N4O4/c1-13(24)20-14-7-6-8-15(11-14)21-16(25)12-23-17(26)19(22(2)18(23)27)9-4-3-5-10-19/h6-8,11H,3-5,9-10,12H2,1-2H3,(H,20,24)(H,21,25). The van der Waals surface area contributed by atoms with Gasteiger partial charge in [0, 0.05) is 25.3 Å². The van der Waals surface area contributed by atoms with Crippen molar-refractivity contribution in [2.45, 2.75) is 44.6 Å². The SMILES string of the molecule is CC(=O)Nc1cccc(NC(=O)CN2C(=O)N(C)C3(CCCCC3)C2=O)c1. The quantitative estimate of drug-likeness (QED) is 0.792. The molecule has 2 fully saturated rings. The number of hydrogen-bond donors (Lipinski definition) is 2. The Hall–Kier alpha value is -2.90. The second-order valence-corrected chi connectivity index (χ2v) is 7.14. The van der Waals surface area contributed by atoms with Crippen LogP contribution in [0, 0.1) is 0 Å². The number of urea groups is 1. The van der Waals surface area contributed by atoms with Crippen LogP contribution in [0.1, 0.15) is 39.0 Å². The number of imide groups is 1. The highest BCUT2D eigenvalue weighted by atomic mass is 16.2. The number of carbonyl (C=O) groups is 4. The molecule has 0 aromatic heterocycles. The molecule has 0 radical (unpaired) electrons. The van der Waals surface area contributed by atoms with Crippen molar-refractivity contribution in [2.75, 3.05) is 24.2 Å². The summed E-state index contributed by atoms with van der Waals surface area (Å²) in [5.74, 6) is -0.956. The molecule has 2 N–H and O–H groups in total. The van der Waals surface area contributed by atoms with Crippen LogP contribution >= 0.6 is 0 Å². The lowest BCUT2D eigenvalue weighted by Gasteiger charge is -2.35. The number of hydrogen-bond acceptors (Lipinski definition) is 4. The summed E-state index contributed by atoms with van der Waals surface area (Å²) < 4.78 is 0. The van der Waals surface area contributed by atoms with Crippen molar-refractivity contribution in [3.05, 3.63) is 24.3 Å². The lowest BCUT2D eigenvalue weighted by Crippen LogP contribution is -2.49. The van der Waals surface area contributed by atoms with Crippen molar-refractivity contribution < 1.29 is 19.2 Å². The summed E-state index contributed by atoms with van der Waals surface area (Å²) in [6.45, 7) is 1.07. The molecule has 1 saturated heterocycles. The van der Waals surface area contributed by atoms with Gasteiger partial charge in [-0.3, -0.25) is 19.3 Å². The van der Waals surface area contributed by atoms with Gasteiger partial charge < -0.3 is 15.5 Å². The molecular weight excluding hydrogens is 348 g/mol. The Morgan fingerprint density at radius 2 is 1.70 bits per heavy atom. The third-order valence-electron chi connectivity index (χ3n) is 5.25. The van der Waals surface area contributed by atoms with Gasteiger partial charge in [0.25, 0.3) is 5.91 Å². The molecule has 1 aliphatic heterocycles. The lowest BCUT2D eigenvalue weighted by molar-refractivity contribution is -0.136. The average Bonchev–Trinajstić information content (AvgIpc) is 2.78. The zero-order valence-corrected chi connectivity index (χ0v) is 15.6. The van der Waals surface area contributed by atoms with Gasteiger partial charge in [0.15, 0.2) is 0 Å². The Balaban J connectivity index is 1.68. The monoisotopic (exact) mass is 372 g/mol. The van der Waals surface area contributed by atoms with E-state index in [-0.39, 0.29) is 18.4 Å². The number of nitrogens with zero attached hydrogens (tertiary/aromatic N) is 2. The first-order valence-corrected chi connectivity index (χ1v) is 9.11. The molecule has 1 aromatic carbocycles. The molecule has 8 nitrogen and oxygen atoms in total. The number of anilines is 2. The van der Waals surface area contributed by atoms with Crippen molar-refractivity contribution in [3.63, 3.8) is 0 Å². The fourth-order valence-corrected chi connectivity index (χ4v) is 3.89. The third kappa shape index (κ3) is 3.65. The Bertz CT molecular complexity index is 786. The molecule has 1 spiro atoms. The van der Waals surface area contributed by atoms with Gasteiger partial charge in [-0.2, -0.15) is 0 Å². The second kappa shape index (κ2) is 7.38. The Labute approximate surface area is 157 Å². The molecule has 1 saturated carbocycles. The van der Waals surface area contributed by atoms with Crippen LogP contribution < -0.4 is 10.6 Å². The van der Waals surface area contributed by atoms with Crippen LogP contribution in [0.15, 0.2) is 24.3 Å². The van der Waals surface area contributed by atoms with E-state index in [2.05, 4.69) is 10.6 Å². The summed E-state index contributed by atoms with van der Waals surface area (Å²) >= 11 is 0. The van der Waals surface area contributed by atoms with Crippen LogP contribution in [0.4, 0.5) is 16.2 Å². The van der Waals surface area contributed by atoms with Gasteiger partial charge >= 0.3 is 6.03 Å². The molecule has 144 valence electrons. The van der Waals surface area contributed by atoms with Crippen molar-refractivity contribution >= 4 is 35.1 Å². The van der Waals surface area contributed by atoms with E-state index < -0.39 is 17.5 Å². The normalized spacial score (nSPS) is 18.7. The Morgan fingerprint density at radius 3 is 2.33 bits per heavy atom. The largest absolute Gasteiger partial charge is 0.327 e. The minimum Gasteiger partial charge on any atom is -0.326 e. The van der Waals surface area contributed by atoms with Gasteiger partial charge in [-0.1, -0.05) is 25.3 Å². The van der Waals surface area contributed by atoms with Crippen LogP contribution in [0.2, 0.25) is 0 Å². The molecule has 8 heteroatoms. The molecule has 0 atom stereocenters. The van der Waals surface area contributed by atoms with Crippen molar-refractivity contribution in [3.8, 4) is 0 Å². The number of benzene rings is 1. The molecule has 2 aliphatic rings. The van der Waals surface area contributed by atoms with E-state index in [1.54, 1.807) is 31.3 Å². The van der Waals surface area contributed by atoms with Crippen molar-refractivity contribution in [1.82, 2.24) is 9.80 Å². The maximum absolute atomic E-state index is 12.9. The van der Waals surface area contributed by atoms with Gasteiger partial charge in [0.1, 0.15) is 12.1 Å². The summed E-state index contributed by atoms with van der Waals surface area (Å²) in [6.07, 6.45) is 4.15. The summed E-state index contributed by atoms with van der Waals surface area (Å²) in [5, 5.41) is 5.31. The smallest absolute Gasteiger partial charge is 0.326 e. The number of amides is 5. The summed E-state index contributed by atoms with van der Waals surface area (Å²) in [4.78, 5) is 51.5. The Morgan fingerprint density at radius 1 is 1.07 bits per heavy atom. The topological polar surface area (TPSA) is 98.8 Å². The summed E-state index contributed by atoms with van der Waals surface area (Å²) in [7, 11) is 1.64. The zero-order chi connectivity index (χ0) is 19.6. The zero-order valence-electron chi connectivity index (χ0n) is 15.6. The molecule has 1 aromatic rings. The van der Waals surface area contributed by atoms with Gasteiger partial charge in [-0.05, 0) is 31.0 Å². The van der Waals surface area contributed by atoms with E-state index in [9.17, 15) is 19.2 Å². The Kier molecular flexibility index (Phi) is 5.16. The van der Waals surface area contributed by atoms with Gasteiger partial charge in [0.05, 0.1) is 0 Å². The van der Waals surface area contributed by atoms with Crippen LogP contribution in [0.3, 0.4) is 0 Å². The predicted octanol–water partition coefficient (Wildman–Crippen LogP) is 2.18. The van der Waals surface area contributed by atoms with E-state index in [0.29, 0.717) is 24.2 Å². The number of carbonyl (C=O) groups excluding carboxylic acids is 4. The average molecular weight is 372 g/mol. The first-order chi connectivity index (χ1) is 12.8. The minimum atomic E-state index is -0.791. The minimum absolute atomic E-state index is 0.215. The predicted molar refractivity (Wildman–Crippen MR) is 100 cm³/mol. The second-order valence-electron chi connectivity index (χ2n) is 7.14. The third-order valence-corrected chi connectivity index (χ3v) is 5.25. The highest BCUT2D eigenvalue weighted by Crippen LogP contribution is 2.39. The van der Waals surface area contributed by atoms with E-state index in [0.717, 1.165) is 24.2 Å². The fraction of sp³-hybridized carbons (Fsp3) is 0.474. The highest BCUT2D eigenvalue weighted by molar-refractivity contribution is 6.10. The molecule has 3 rings (SSSR count). The first kappa shape index (κ1) is 18.9. The maximum atomic E-state index is 12.9. The first-order valence-electron chi connectivity index (χ1n) is 9.11. The van der Waals surface area contributed by atoms with Crippen LogP contribution in [-0.2, 0) is 14.4 Å². The van der Waals surface area contributed by atoms with E-state index in [1.165, 1.54) is 11.8 Å². The molecule has 0 bridgehead atoms. The van der Waals surface area contributed by atoms with Gasteiger partial charge in [0.2, 0.25) is 11.8 Å². The fourth-order valence-electron chi connectivity index (χ4n) is 3.89. The lowest BCUT2D eigenvalue weighted by atomic mass is 9.81. The van der Waals surface area contributed by atoms with Crippen LogP contribution in [0.25, 0.3) is 0 Å². The number of rotatable bonds is 4. The summed E-state index contributed by atoms with van der Waals surface area (Å²) in [6, 6.07) is 6.25. The highest BCUT2D eigenvalue weighted by Gasteiger charge is 2.55. The molecule has 5 amide bonds. The number of nitrogens with one attached hydrogen (secondary N) is 2. The number of likely N-dealkylation sites (N-methyl/N-ethyl adjacent to an activating group) is 1. The van der Waals surface area contributed by atoms with E-state index >= 15 is 0 Å². The van der Waals surface area contributed by atoms with E-state index in [4.69, 9.17) is 0 Å². The maximum Gasteiger partial charge on any atom is 0.327 e. The summed E-state index contributed by atoms with van der Waals surface area (Å²) in [5.41, 5.74) is 0.238. The van der Waals surface area contributed by atoms with Crippen molar-refractivity contribution in [2.24, 2.45) is 0 Å².